The molecule has 0 aromatic heterocycles. The summed E-state index contributed by atoms with van der Waals surface area (Å²) in [7, 11) is 6.00. The fourth-order valence-electron chi connectivity index (χ4n) is 10.2. The first-order chi connectivity index (χ1) is 49.4. The van der Waals surface area contributed by atoms with Crippen molar-refractivity contribution in [2.24, 2.45) is 51.6 Å². The molecule has 103 heavy (non-hydrogen) atoms. The Morgan fingerprint density at radius 3 is 1.22 bits per heavy atom. The predicted molar refractivity (Wildman–Crippen MR) is 453 cm³/mol. The Kier molecular flexibility index (Phi) is 106. The zero-order chi connectivity index (χ0) is 79.3. The highest BCUT2D eigenvalue weighted by atomic mass is 32.2. The number of rotatable bonds is 35. The summed E-state index contributed by atoms with van der Waals surface area (Å²) in [6.45, 7) is 62.8. The van der Waals surface area contributed by atoms with Crippen LogP contribution in [0, 0.1) is 0 Å². The van der Waals surface area contributed by atoms with E-state index in [-0.39, 0.29) is 0 Å². The van der Waals surface area contributed by atoms with Crippen molar-refractivity contribution in [1.29, 1.82) is 0 Å². The Labute approximate surface area is 644 Å². The first-order valence-electron chi connectivity index (χ1n) is 40.0. The number of likely N-dealkylation sites (tertiary alicyclic amines) is 1. The van der Waals surface area contributed by atoms with Gasteiger partial charge in [-0.2, -0.15) is 11.8 Å². The van der Waals surface area contributed by atoms with Crippen LogP contribution in [-0.2, 0) is 36.3 Å². The molecule has 0 aromatic rings. The third-order valence-corrected chi connectivity index (χ3v) is 22.1. The van der Waals surface area contributed by atoms with Gasteiger partial charge in [-0.1, -0.05) is 13.8 Å². The Morgan fingerprint density at radius 1 is 0.456 bits per heavy atom. The first kappa shape index (κ1) is 116. The smallest absolute Gasteiger partial charge is 0.395 e. The summed E-state index contributed by atoms with van der Waals surface area (Å²) in [6, 6.07) is 3.35. The molecule has 0 spiro atoms. The van der Waals surface area contributed by atoms with Gasteiger partial charge in [0.1, 0.15) is 0 Å². The predicted octanol–water partition coefficient (Wildman–Crippen LogP) is 3.04. The van der Waals surface area contributed by atoms with E-state index in [1.165, 1.54) is 65.0 Å². The van der Waals surface area contributed by atoms with Gasteiger partial charge >= 0.3 is 17.4 Å². The fourth-order valence-corrected chi connectivity index (χ4v) is 15.5. The van der Waals surface area contributed by atoms with Crippen molar-refractivity contribution in [3.63, 3.8) is 0 Å². The van der Waals surface area contributed by atoms with Crippen LogP contribution in [0.4, 0.5) is 0 Å². The molecule has 4 saturated heterocycles. The summed E-state index contributed by atoms with van der Waals surface area (Å²) in [5, 5.41) is 17.7. The van der Waals surface area contributed by atoms with E-state index >= 15 is 0 Å². The van der Waals surface area contributed by atoms with Gasteiger partial charge in [-0.15, -0.1) is 0 Å². The number of hydrazine groups is 1. The normalized spacial score (nSPS) is 16.3. The number of likely N-dealkylation sites (N-methyl/N-ethyl adjacent to an activating group) is 2. The van der Waals surface area contributed by atoms with Crippen LogP contribution in [-0.4, -0.2) is 373 Å². The van der Waals surface area contributed by atoms with Crippen LogP contribution >= 0.6 is 11.8 Å². The van der Waals surface area contributed by atoms with Gasteiger partial charge in [-0.25, -0.2) is 10.0 Å². The topological polar surface area (TPSA) is 379 Å². The van der Waals surface area contributed by atoms with Gasteiger partial charge in [-0.3, -0.25) is 4.90 Å². The molecule has 1 unspecified atom stereocenters. The number of nitrogens with one attached hydrogen (secondary N) is 4. The van der Waals surface area contributed by atoms with Gasteiger partial charge in [0, 0.05) is 188 Å². The molecule has 1 atom stereocenters. The van der Waals surface area contributed by atoms with Crippen LogP contribution in [0.1, 0.15) is 134 Å². The summed E-state index contributed by atoms with van der Waals surface area (Å²) >= 11 is 1.78. The maximum atomic E-state index is 5.65. The zero-order valence-electron chi connectivity index (χ0n) is 71.1. The minimum atomic E-state index is -2.40. The number of nitrogens with two attached hydrogens (primary N) is 9. The molecule has 4 aliphatic rings. The summed E-state index contributed by atoms with van der Waals surface area (Å²) in [6.07, 6.45) is 11.4. The second kappa shape index (κ2) is 94.0. The molecular weight excluding hydrogens is 1360 g/mol. The number of hydrogen-bond acceptors (Lipinski definition) is 29. The van der Waals surface area contributed by atoms with Gasteiger partial charge in [0.05, 0.1) is 33.0 Å². The van der Waals surface area contributed by atoms with E-state index in [4.69, 9.17) is 87.9 Å². The van der Waals surface area contributed by atoms with Crippen molar-refractivity contribution in [1.82, 2.24) is 55.8 Å². The molecule has 31 heteroatoms. The van der Waals surface area contributed by atoms with Crippen LogP contribution in [0.25, 0.3) is 0 Å². The molecule has 632 valence electrons. The molecule has 0 aromatic carbocycles. The van der Waals surface area contributed by atoms with Gasteiger partial charge in [0.15, 0.2) is 0 Å². The maximum Gasteiger partial charge on any atom is 0.500 e. The average Bonchev–Trinajstić information content (AvgIpc) is 1.08. The quantitative estimate of drug-likeness (QED) is 0.0406. The van der Waals surface area contributed by atoms with E-state index < -0.39 is 17.4 Å². The van der Waals surface area contributed by atoms with Gasteiger partial charge in [0.2, 0.25) is 0 Å². The monoisotopic (exact) mass is 1540 g/mol. The lowest BCUT2D eigenvalue weighted by Gasteiger charge is -2.29. The molecule has 28 nitrogen and oxygen atoms in total. The van der Waals surface area contributed by atoms with E-state index in [0.29, 0.717) is 57.7 Å². The number of ether oxygens (including phenoxy) is 3. The van der Waals surface area contributed by atoms with E-state index in [2.05, 4.69) is 125 Å². The fraction of sp³-hybridized carbons (Fsp3) is 1.00. The van der Waals surface area contributed by atoms with Gasteiger partial charge < -0.3 is 129 Å². The Balaban J connectivity index is -0.000000200. The molecule has 0 saturated carbocycles. The van der Waals surface area contributed by atoms with Crippen LogP contribution < -0.4 is 72.9 Å². The molecule has 22 N–H and O–H groups in total. The Hall–Kier alpha value is -0.336. The van der Waals surface area contributed by atoms with Crippen LogP contribution in [0.3, 0.4) is 0 Å². The van der Waals surface area contributed by atoms with Crippen LogP contribution in [0.5, 0.6) is 0 Å². The van der Waals surface area contributed by atoms with Crippen molar-refractivity contribution in [3.05, 3.63) is 0 Å². The SMILES string of the molecule is C1CNCCNC1.C1CNCCOCCOCCNCCOC1.CC(C)N(CCN)C(C)C.CC(N)CN(C)C.CCN(CC)CCN.CCO[Si](C)(CCCN)OCC.CCO[Si](CCCN)(OCC)OCC.CN(C)CCCN.CN1CCCN1CCN.CSCCN.NCCN1CCCC1. The van der Waals surface area contributed by atoms with E-state index in [1.807, 2.05) is 61.9 Å². The summed E-state index contributed by atoms with van der Waals surface area (Å²) in [4.78, 5) is 11.3. The van der Waals surface area contributed by atoms with E-state index in [1.54, 1.807) is 11.8 Å². The van der Waals surface area contributed by atoms with E-state index in [9.17, 15) is 0 Å². The highest BCUT2D eigenvalue weighted by molar-refractivity contribution is 7.98. The Morgan fingerprint density at radius 2 is 0.903 bits per heavy atom. The molecular formula is C72H182N20O8SSi2. The molecule has 0 amide bonds. The highest BCUT2D eigenvalue weighted by Crippen LogP contribution is 2.18. The molecule has 0 aliphatic carbocycles. The van der Waals surface area contributed by atoms with Crippen LogP contribution in [0.2, 0.25) is 18.6 Å². The van der Waals surface area contributed by atoms with Crippen LogP contribution in [0.15, 0.2) is 0 Å². The standard InChI is InChI=1S/C11H24N2O3.C9H23NO3Si.C8H20N2.C8H21NO2Si.C6H15N3.C6H14N2.C6H16N2.C5H12N2.2C5H14N2.C3H9NS/c1-2-12-3-8-15-10-11-16-9-5-13-4-7-14-6-1;1-4-11-14(12-5-2,13-6-3)9-7-8-10;1-7(2)10(6-5-9)8(3)4;1-4-10-12(3,11-5-2)8-6-7-9;1-8-4-2-5-9(8)6-3-7;7-3-6-8-4-1-2-5-8;1-3-8(4-2)6-5-7;1-2-6-4-5-7-3-1;1-5(6)4-7(2)3;1-7(2)5-3-4-6;1-5-3-2-4/h12-13H,1-11H2;4-10H2,1-3H3;7-8H,5-6,9H2,1-4H3;4-9H2,1-3H3;2-7H2,1H3;1-7H2;3-7H2,1-2H3;6-7H,1-5H2;5H,4,6H2,1-3H3;3-6H2,1-2H3;2-4H2,1H3. The minimum absolute atomic E-state index is 0.301. The third kappa shape index (κ3) is 94.0. The second-order valence-electron chi connectivity index (χ2n) is 26.1. The zero-order valence-corrected chi connectivity index (χ0v) is 73.9. The average molecular weight is 1540 g/mol. The molecule has 0 bridgehead atoms. The molecule has 0 radical (unpaired) electrons. The summed E-state index contributed by atoms with van der Waals surface area (Å²) < 4.78 is 44.5. The van der Waals surface area contributed by atoms with Crippen molar-refractivity contribution >= 4 is 29.1 Å². The molecule has 4 heterocycles. The molecule has 4 fully saturated rings. The Bertz CT molecular complexity index is 1390. The lowest BCUT2D eigenvalue weighted by atomic mass is 10.2. The number of hydrogen-bond donors (Lipinski definition) is 13. The number of nitrogens with zero attached hydrogens (tertiary/aromatic N) is 7. The van der Waals surface area contributed by atoms with Gasteiger partial charge in [-0.05, 0) is 240 Å². The van der Waals surface area contributed by atoms with E-state index in [0.717, 1.165) is 221 Å². The third-order valence-electron chi connectivity index (χ3n) is 15.2. The lowest BCUT2D eigenvalue weighted by molar-refractivity contribution is 0.0481. The van der Waals surface area contributed by atoms with Crippen molar-refractivity contribution in [2.75, 3.05) is 303 Å². The van der Waals surface area contributed by atoms with Gasteiger partial charge in [0.25, 0.3) is 0 Å². The first-order valence-corrected chi connectivity index (χ1v) is 45.9. The number of thioether (sulfide) groups is 1. The molecule has 4 aliphatic heterocycles. The maximum absolute atomic E-state index is 5.65. The molecule has 4 rings (SSSR count). The summed E-state index contributed by atoms with van der Waals surface area (Å²) in [5.74, 6) is 1.08. The highest BCUT2D eigenvalue weighted by Gasteiger charge is 2.39. The lowest BCUT2D eigenvalue weighted by Crippen LogP contribution is -2.46. The van der Waals surface area contributed by atoms with Crippen molar-refractivity contribution < 1.29 is 36.3 Å². The summed E-state index contributed by atoms with van der Waals surface area (Å²) in [5.41, 5.74) is 48.3. The van der Waals surface area contributed by atoms with Crippen molar-refractivity contribution in [3.8, 4) is 0 Å². The largest absolute Gasteiger partial charge is 0.500 e. The minimum Gasteiger partial charge on any atom is -0.395 e. The van der Waals surface area contributed by atoms with Crippen molar-refractivity contribution in [2.45, 2.75) is 171 Å². The second-order valence-corrected chi connectivity index (χ2v) is 33.2.